The van der Waals surface area contributed by atoms with Crippen LogP contribution in [0.15, 0.2) is 0 Å². The molecule has 0 radical (unpaired) electrons. The van der Waals surface area contributed by atoms with E-state index in [-0.39, 0.29) is 16.9 Å². The van der Waals surface area contributed by atoms with Gasteiger partial charge in [-0.3, -0.25) is 4.79 Å². The highest BCUT2D eigenvalue weighted by Gasteiger charge is 2.60. The third-order valence-corrected chi connectivity index (χ3v) is 12.6. The van der Waals surface area contributed by atoms with Gasteiger partial charge in [0.25, 0.3) is 0 Å². The van der Waals surface area contributed by atoms with E-state index in [1.165, 1.54) is 0 Å². The first-order chi connectivity index (χ1) is 20.4. The molecule has 17 atom stereocenters. The molecule has 6 rings (SSSR count). The first-order valence-corrected chi connectivity index (χ1v) is 16.2. The van der Waals surface area contributed by atoms with Crippen LogP contribution in [0.1, 0.15) is 71.6 Å². The van der Waals surface area contributed by atoms with Crippen molar-refractivity contribution in [2.24, 2.45) is 34.5 Å². The highest BCUT2D eigenvalue weighted by atomic mass is 16.7. The number of ether oxygens (including phenoxy) is 4. The SMILES string of the molecule is C[C@]12CC[C@H](O[C@@H]3O[C@@H](CO)[C@@H](O[C@@H]4O[C@@H](CO)[C@@H](O)[C@H](O)[C@@H]4O)[C@H](O)[C@@H]3O)C[C@@H]1CC[C@@H]1[C@@H]2CC[C@]2(C)C(=O)CC[C@@H]12. The van der Waals surface area contributed by atoms with Crippen LogP contribution in [0.5, 0.6) is 0 Å². The van der Waals surface area contributed by atoms with Gasteiger partial charge in [-0.1, -0.05) is 13.8 Å². The fraction of sp³-hybridized carbons (Fsp3) is 0.968. The Hall–Kier alpha value is -0.770. The second-order valence-corrected chi connectivity index (χ2v) is 14.6. The monoisotopic (exact) mass is 614 g/mol. The summed E-state index contributed by atoms with van der Waals surface area (Å²) in [5, 5.41) is 72.0. The number of aliphatic hydroxyl groups excluding tert-OH is 7. The van der Waals surface area contributed by atoms with E-state index in [0.29, 0.717) is 29.5 Å². The lowest BCUT2D eigenvalue weighted by Crippen LogP contribution is -2.65. The maximum Gasteiger partial charge on any atom is 0.187 e. The summed E-state index contributed by atoms with van der Waals surface area (Å²) in [5.41, 5.74) is 0.0207. The van der Waals surface area contributed by atoms with Gasteiger partial charge in [0.15, 0.2) is 12.6 Å². The van der Waals surface area contributed by atoms with Gasteiger partial charge in [-0.2, -0.15) is 0 Å². The lowest BCUT2D eigenvalue weighted by atomic mass is 9.45. The topological polar surface area (TPSA) is 196 Å². The molecule has 2 heterocycles. The van der Waals surface area contributed by atoms with Gasteiger partial charge in [-0.05, 0) is 80.5 Å². The van der Waals surface area contributed by atoms with Crippen LogP contribution in [0, 0.1) is 34.5 Å². The van der Waals surface area contributed by atoms with E-state index < -0.39 is 74.6 Å². The van der Waals surface area contributed by atoms with Gasteiger partial charge in [0, 0.05) is 11.8 Å². The number of carbonyl (C=O) groups is 1. The average molecular weight is 615 g/mol. The molecule has 43 heavy (non-hydrogen) atoms. The molecule has 0 bridgehead atoms. The van der Waals surface area contributed by atoms with Crippen molar-refractivity contribution in [1.29, 1.82) is 0 Å². The molecule has 0 aromatic carbocycles. The first kappa shape index (κ1) is 32.2. The molecule has 12 nitrogen and oxygen atoms in total. The van der Waals surface area contributed by atoms with Crippen LogP contribution < -0.4 is 0 Å². The molecule has 4 saturated carbocycles. The van der Waals surface area contributed by atoms with Crippen molar-refractivity contribution in [2.45, 2.75) is 139 Å². The van der Waals surface area contributed by atoms with Gasteiger partial charge >= 0.3 is 0 Å². The third kappa shape index (κ3) is 5.32. The average Bonchev–Trinajstić information content (AvgIpc) is 3.30. The van der Waals surface area contributed by atoms with Gasteiger partial charge in [0.1, 0.15) is 54.6 Å². The maximum atomic E-state index is 12.7. The Kier molecular flexibility index (Phi) is 9.06. The molecule has 0 amide bonds. The zero-order valence-corrected chi connectivity index (χ0v) is 25.1. The van der Waals surface area contributed by atoms with Crippen LogP contribution in [-0.2, 0) is 23.7 Å². The molecule has 0 aromatic rings. The largest absolute Gasteiger partial charge is 0.394 e. The quantitative estimate of drug-likeness (QED) is 0.192. The fourth-order valence-corrected chi connectivity index (χ4v) is 9.97. The van der Waals surface area contributed by atoms with E-state index in [1.807, 2.05) is 0 Å². The number of hydrogen-bond acceptors (Lipinski definition) is 12. The summed E-state index contributed by atoms with van der Waals surface area (Å²) in [6.07, 6.45) is -6.24. The number of aliphatic hydroxyl groups is 7. The van der Waals surface area contributed by atoms with E-state index >= 15 is 0 Å². The second kappa shape index (κ2) is 12.1. The smallest absolute Gasteiger partial charge is 0.187 e. The number of rotatable bonds is 6. The lowest BCUT2D eigenvalue weighted by Gasteiger charge is -2.60. The Labute approximate surface area is 252 Å². The van der Waals surface area contributed by atoms with E-state index in [9.17, 15) is 40.5 Å². The number of carbonyl (C=O) groups excluding carboxylic acids is 1. The molecule has 0 spiro atoms. The molecule has 2 aliphatic heterocycles. The number of hydrogen-bond donors (Lipinski definition) is 7. The molecule has 7 N–H and O–H groups in total. The fourth-order valence-electron chi connectivity index (χ4n) is 9.97. The zero-order valence-electron chi connectivity index (χ0n) is 25.1. The van der Waals surface area contributed by atoms with Gasteiger partial charge in [0.2, 0.25) is 0 Å². The molecule has 0 aromatic heterocycles. The highest BCUT2D eigenvalue weighted by Crippen LogP contribution is 2.65. The summed E-state index contributed by atoms with van der Waals surface area (Å²) in [6.45, 7) is 3.37. The maximum absolute atomic E-state index is 12.7. The summed E-state index contributed by atoms with van der Waals surface area (Å²) in [7, 11) is 0. The van der Waals surface area contributed by atoms with Crippen molar-refractivity contribution in [2.75, 3.05) is 13.2 Å². The normalized spacial score (nSPS) is 55.4. The van der Waals surface area contributed by atoms with E-state index in [4.69, 9.17) is 18.9 Å². The minimum Gasteiger partial charge on any atom is -0.394 e. The van der Waals surface area contributed by atoms with E-state index in [1.54, 1.807) is 0 Å². The van der Waals surface area contributed by atoms with Crippen LogP contribution in [0.2, 0.25) is 0 Å². The number of ketones is 1. The van der Waals surface area contributed by atoms with Crippen molar-refractivity contribution in [3.63, 3.8) is 0 Å². The van der Waals surface area contributed by atoms with Crippen molar-refractivity contribution in [3.05, 3.63) is 0 Å². The Morgan fingerprint density at radius 3 is 2.14 bits per heavy atom. The predicted molar refractivity (Wildman–Crippen MR) is 148 cm³/mol. The van der Waals surface area contributed by atoms with Crippen LogP contribution in [0.25, 0.3) is 0 Å². The Morgan fingerprint density at radius 2 is 1.42 bits per heavy atom. The molecule has 4 aliphatic carbocycles. The van der Waals surface area contributed by atoms with Crippen LogP contribution in [-0.4, -0.2) is 122 Å². The van der Waals surface area contributed by atoms with Crippen molar-refractivity contribution in [3.8, 4) is 0 Å². The first-order valence-electron chi connectivity index (χ1n) is 16.2. The van der Waals surface area contributed by atoms with Crippen LogP contribution in [0.4, 0.5) is 0 Å². The predicted octanol–water partition coefficient (Wildman–Crippen LogP) is -0.392. The highest BCUT2D eigenvalue weighted by molar-refractivity contribution is 5.87. The Morgan fingerprint density at radius 1 is 0.744 bits per heavy atom. The summed E-state index contributed by atoms with van der Waals surface area (Å²) >= 11 is 0. The van der Waals surface area contributed by atoms with E-state index in [2.05, 4.69) is 13.8 Å². The van der Waals surface area contributed by atoms with Gasteiger partial charge in [-0.15, -0.1) is 0 Å². The Balaban J connectivity index is 1.08. The summed E-state index contributed by atoms with van der Waals surface area (Å²) in [5.74, 6) is 2.57. The summed E-state index contributed by atoms with van der Waals surface area (Å²) in [6, 6.07) is 0. The standard InChI is InChI=1S/C31H50O12/c1-30-9-7-15(11-14(30)3-4-16-17-5-6-21(34)31(17,2)10-8-18(16)30)40-28-26(39)24(37)27(20(13-33)42-28)43-29-25(38)23(36)22(35)19(12-32)41-29/h14-20,22-29,32-33,35-39H,3-13H2,1-2H3/t14-,15-,16-,17-,18-,19-,20-,22+,23-,24+,25-,26-,27+,28+,29-,30-,31-/m0/s1. The summed E-state index contributed by atoms with van der Waals surface area (Å²) in [4.78, 5) is 12.7. The molecule has 12 heteroatoms. The van der Waals surface area contributed by atoms with Crippen LogP contribution in [0.3, 0.4) is 0 Å². The van der Waals surface area contributed by atoms with Gasteiger partial charge < -0.3 is 54.7 Å². The van der Waals surface area contributed by atoms with Gasteiger partial charge in [0.05, 0.1) is 19.3 Å². The Bertz CT molecular complexity index is 1010. The minimum atomic E-state index is -1.71. The van der Waals surface area contributed by atoms with E-state index in [0.717, 1.165) is 57.8 Å². The minimum absolute atomic E-state index is 0.145. The molecule has 0 unspecified atom stereocenters. The van der Waals surface area contributed by atoms with Gasteiger partial charge in [-0.25, -0.2) is 0 Å². The molecular formula is C31H50O12. The number of Topliss-reactive ketones (excluding diaryl/α,β-unsaturated/α-hetero) is 1. The molecule has 2 saturated heterocycles. The lowest BCUT2D eigenvalue weighted by molar-refractivity contribution is -0.364. The molecule has 6 aliphatic rings. The molecule has 6 fully saturated rings. The number of fused-ring (bicyclic) bond motifs is 5. The summed E-state index contributed by atoms with van der Waals surface area (Å²) < 4.78 is 23.2. The van der Waals surface area contributed by atoms with Crippen molar-refractivity contribution < 1.29 is 59.5 Å². The zero-order chi connectivity index (χ0) is 30.8. The van der Waals surface area contributed by atoms with Crippen molar-refractivity contribution >= 4 is 5.78 Å². The molecular weight excluding hydrogens is 564 g/mol. The van der Waals surface area contributed by atoms with Crippen LogP contribution >= 0.6 is 0 Å². The molecule has 246 valence electrons. The third-order valence-electron chi connectivity index (χ3n) is 12.6. The second-order valence-electron chi connectivity index (χ2n) is 14.6. The van der Waals surface area contributed by atoms with Crippen molar-refractivity contribution in [1.82, 2.24) is 0 Å².